The molecule has 5 nitrogen and oxygen atoms in total. The number of carbonyl (C=O) groups excluding carboxylic acids is 1. The van der Waals surface area contributed by atoms with Gasteiger partial charge in [0, 0.05) is 22.7 Å². The predicted molar refractivity (Wildman–Crippen MR) is 124 cm³/mol. The fourth-order valence-corrected chi connectivity index (χ4v) is 4.23. The molecule has 3 aromatic carbocycles. The Bertz CT molecular complexity index is 1140. The number of carboxylic acids is 1. The quantitative estimate of drug-likeness (QED) is 0.533. The number of carbonyl (C=O) groups is 2. The number of aryl methyl sites for hydroxylation is 1. The second kappa shape index (κ2) is 9.45. The smallest absolute Gasteiger partial charge is 0.326 e. The summed E-state index contributed by atoms with van der Waals surface area (Å²) in [4.78, 5) is 26.1. The third-order valence-electron chi connectivity index (χ3n) is 5.73. The average molecular weight is 450 g/mol. The van der Waals surface area contributed by atoms with E-state index >= 15 is 0 Å². The van der Waals surface area contributed by atoms with E-state index < -0.39 is 12.0 Å². The molecular weight excluding hydrogens is 426 g/mol. The van der Waals surface area contributed by atoms with Gasteiger partial charge in [0.05, 0.1) is 0 Å². The van der Waals surface area contributed by atoms with Gasteiger partial charge in [0.25, 0.3) is 5.91 Å². The van der Waals surface area contributed by atoms with Crippen LogP contribution < -0.4 is 4.74 Å². The lowest BCUT2D eigenvalue weighted by Crippen LogP contribution is -2.40. The Kier molecular flexibility index (Phi) is 6.47. The van der Waals surface area contributed by atoms with Crippen LogP contribution in [0.3, 0.4) is 0 Å². The van der Waals surface area contributed by atoms with E-state index in [1.807, 2.05) is 55.5 Å². The van der Waals surface area contributed by atoms with Gasteiger partial charge in [-0.2, -0.15) is 0 Å². The molecule has 1 N–H and O–H groups in total. The van der Waals surface area contributed by atoms with Crippen molar-refractivity contribution in [2.24, 2.45) is 0 Å². The molecule has 0 spiro atoms. The summed E-state index contributed by atoms with van der Waals surface area (Å²) in [6, 6.07) is 19.8. The van der Waals surface area contributed by atoms with Crippen molar-refractivity contribution < 1.29 is 19.4 Å². The molecule has 1 amide bonds. The first-order chi connectivity index (χ1) is 15.4. The predicted octanol–water partition coefficient (Wildman–Crippen LogP) is 5.58. The van der Waals surface area contributed by atoms with Crippen molar-refractivity contribution >= 4 is 23.5 Å². The number of nitrogens with zero attached hydrogens (tertiary/aromatic N) is 1. The fraction of sp³-hybridized carbons (Fsp3) is 0.231. The maximum absolute atomic E-state index is 13.2. The van der Waals surface area contributed by atoms with Gasteiger partial charge < -0.3 is 14.7 Å². The standard InChI is InChI=1S/C26H24ClNO4/c1-17-8-12-20(13-9-17)32-16-19-11-10-18(15-22(19)21-5-2-3-6-23(21)27)25(29)28-14-4-7-24(28)26(30)31/h2-3,5-6,8-13,15,24H,4,7,14,16H2,1H3,(H,30,31). The van der Waals surface area contributed by atoms with Crippen LogP contribution in [0, 0.1) is 6.92 Å². The maximum Gasteiger partial charge on any atom is 0.326 e. The number of rotatable bonds is 6. The highest BCUT2D eigenvalue weighted by molar-refractivity contribution is 6.33. The third kappa shape index (κ3) is 4.63. The van der Waals surface area contributed by atoms with Crippen molar-refractivity contribution in [3.8, 4) is 16.9 Å². The molecule has 1 heterocycles. The zero-order chi connectivity index (χ0) is 22.7. The van der Waals surface area contributed by atoms with Gasteiger partial charge in [0.1, 0.15) is 18.4 Å². The Morgan fingerprint density at radius 1 is 1.06 bits per heavy atom. The number of carboxylic acid groups (broad SMARTS) is 1. The number of hydrogen-bond donors (Lipinski definition) is 1. The number of benzene rings is 3. The van der Waals surface area contributed by atoms with Crippen LogP contribution in [0.4, 0.5) is 0 Å². The molecule has 6 heteroatoms. The Labute approximate surface area is 192 Å². The molecule has 1 aliphatic rings. The highest BCUT2D eigenvalue weighted by Gasteiger charge is 2.34. The van der Waals surface area contributed by atoms with Gasteiger partial charge in [-0.15, -0.1) is 0 Å². The minimum absolute atomic E-state index is 0.283. The van der Waals surface area contributed by atoms with Crippen LogP contribution in [0.5, 0.6) is 5.75 Å². The van der Waals surface area contributed by atoms with Gasteiger partial charge in [-0.1, -0.05) is 53.6 Å². The van der Waals surface area contributed by atoms with E-state index in [0.29, 0.717) is 36.6 Å². The maximum atomic E-state index is 13.2. The Morgan fingerprint density at radius 2 is 1.81 bits per heavy atom. The monoisotopic (exact) mass is 449 g/mol. The van der Waals surface area contributed by atoms with Crippen LogP contribution >= 0.6 is 11.6 Å². The summed E-state index contributed by atoms with van der Waals surface area (Å²) in [6.45, 7) is 2.76. The summed E-state index contributed by atoms with van der Waals surface area (Å²) in [5, 5.41) is 10.0. The van der Waals surface area contributed by atoms with Crippen molar-refractivity contribution in [2.75, 3.05) is 6.54 Å². The molecule has 32 heavy (non-hydrogen) atoms. The molecule has 1 saturated heterocycles. The van der Waals surface area contributed by atoms with Gasteiger partial charge >= 0.3 is 5.97 Å². The second-order valence-corrected chi connectivity index (χ2v) is 8.36. The molecule has 1 aliphatic heterocycles. The summed E-state index contributed by atoms with van der Waals surface area (Å²) in [6.07, 6.45) is 1.16. The summed E-state index contributed by atoms with van der Waals surface area (Å²) in [5.41, 5.74) is 4.05. The van der Waals surface area contributed by atoms with Crippen molar-refractivity contribution in [1.29, 1.82) is 0 Å². The highest BCUT2D eigenvalue weighted by atomic mass is 35.5. The van der Waals surface area contributed by atoms with E-state index in [4.69, 9.17) is 16.3 Å². The number of amides is 1. The molecule has 0 radical (unpaired) electrons. The zero-order valence-corrected chi connectivity index (χ0v) is 18.5. The number of hydrogen-bond acceptors (Lipinski definition) is 3. The molecule has 0 bridgehead atoms. The van der Waals surface area contributed by atoms with Gasteiger partial charge in [0.2, 0.25) is 0 Å². The minimum atomic E-state index is -0.967. The zero-order valence-electron chi connectivity index (χ0n) is 17.8. The molecule has 1 fully saturated rings. The molecule has 1 unspecified atom stereocenters. The van der Waals surface area contributed by atoms with Gasteiger partial charge in [-0.3, -0.25) is 4.79 Å². The summed E-state index contributed by atoms with van der Waals surface area (Å²) >= 11 is 6.48. The van der Waals surface area contributed by atoms with Gasteiger partial charge in [0.15, 0.2) is 0 Å². The molecular formula is C26H24ClNO4. The van der Waals surface area contributed by atoms with Crippen LogP contribution in [0.25, 0.3) is 11.1 Å². The van der Waals surface area contributed by atoms with Crippen molar-refractivity contribution in [3.05, 3.63) is 88.4 Å². The second-order valence-electron chi connectivity index (χ2n) is 7.95. The summed E-state index contributed by atoms with van der Waals surface area (Å²) < 4.78 is 5.98. The SMILES string of the molecule is Cc1ccc(OCc2ccc(C(=O)N3CCCC3C(=O)O)cc2-c2ccccc2Cl)cc1. The Hall–Kier alpha value is -3.31. The normalized spacial score (nSPS) is 15.6. The van der Waals surface area contributed by atoms with Crippen LogP contribution in [0.2, 0.25) is 5.02 Å². The molecule has 4 rings (SSSR count). The number of aliphatic carboxylic acids is 1. The van der Waals surface area contributed by atoms with Gasteiger partial charge in [-0.05, 0) is 61.2 Å². The highest BCUT2D eigenvalue weighted by Crippen LogP contribution is 2.33. The summed E-state index contributed by atoms with van der Waals surface area (Å²) in [5.74, 6) is -0.498. The van der Waals surface area contributed by atoms with E-state index in [9.17, 15) is 14.7 Å². The number of halogens is 1. The molecule has 3 aromatic rings. The molecule has 0 aliphatic carbocycles. The van der Waals surface area contributed by atoms with Crippen LogP contribution in [-0.2, 0) is 11.4 Å². The lowest BCUT2D eigenvalue weighted by atomic mass is 9.97. The first-order valence-corrected chi connectivity index (χ1v) is 10.9. The van der Waals surface area contributed by atoms with Crippen molar-refractivity contribution in [2.45, 2.75) is 32.4 Å². The van der Waals surface area contributed by atoms with E-state index in [1.54, 1.807) is 18.2 Å². The number of likely N-dealkylation sites (tertiary alicyclic amines) is 1. The fourth-order valence-electron chi connectivity index (χ4n) is 3.99. The third-order valence-corrected chi connectivity index (χ3v) is 6.06. The molecule has 164 valence electrons. The molecule has 0 aromatic heterocycles. The number of ether oxygens (including phenoxy) is 1. The lowest BCUT2D eigenvalue weighted by Gasteiger charge is -2.22. The van der Waals surface area contributed by atoms with E-state index in [0.717, 1.165) is 28.0 Å². The Balaban J connectivity index is 1.68. The van der Waals surface area contributed by atoms with Crippen LogP contribution in [-0.4, -0.2) is 34.5 Å². The van der Waals surface area contributed by atoms with Crippen LogP contribution in [0.1, 0.15) is 34.3 Å². The molecule has 0 saturated carbocycles. The summed E-state index contributed by atoms with van der Waals surface area (Å²) in [7, 11) is 0. The molecule has 1 atom stereocenters. The van der Waals surface area contributed by atoms with Gasteiger partial charge in [-0.25, -0.2) is 4.79 Å². The lowest BCUT2D eigenvalue weighted by molar-refractivity contribution is -0.141. The first-order valence-electron chi connectivity index (χ1n) is 10.5. The minimum Gasteiger partial charge on any atom is -0.489 e. The first kappa shape index (κ1) is 21.9. The average Bonchev–Trinajstić information content (AvgIpc) is 3.29. The van der Waals surface area contributed by atoms with Crippen LogP contribution in [0.15, 0.2) is 66.7 Å². The largest absolute Gasteiger partial charge is 0.489 e. The Morgan fingerprint density at radius 3 is 2.53 bits per heavy atom. The topological polar surface area (TPSA) is 66.8 Å². The van der Waals surface area contributed by atoms with E-state index in [-0.39, 0.29) is 5.91 Å². The van der Waals surface area contributed by atoms with Crippen molar-refractivity contribution in [3.63, 3.8) is 0 Å². The van der Waals surface area contributed by atoms with Crippen molar-refractivity contribution in [1.82, 2.24) is 4.90 Å². The van der Waals surface area contributed by atoms with E-state index in [1.165, 1.54) is 4.90 Å². The van der Waals surface area contributed by atoms with E-state index in [2.05, 4.69) is 0 Å².